The summed E-state index contributed by atoms with van der Waals surface area (Å²) in [5.41, 5.74) is -1.64. The molecule has 0 aliphatic rings. The molecule has 2 aromatic carbocycles. The molecule has 0 aliphatic carbocycles. The van der Waals surface area contributed by atoms with Crippen molar-refractivity contribution in [2.45, 2.75) is 6.18 Å². The number of hydrogen-bond donors (Lipinski definition) is 1. The summed E-state index contributed by atoms with van der Waals surface area (Å²) in [4.78, 5) is 12.2. The van der Waals surface area contributed by atoms with Gasteiger partial charge in [0.05, 0.1) is 25.5 Å². The Morgan fingerprint density at radius 3 is 2.33 bits per heavy atom. The zero-order chi connectivity index (χ0) is 17.9. The summed E-state index contributed by atoms with van der Waals surface area (Å²) in [5.74, 6) is -1.58. The third kappa shape index (κ3) is 3.76. The average molecular weight is 343 g/mol. The molecule has 0 heterocycles. The molecular weight excluding hydrogens is 330 g/mol. The van der Waals surface area contributed by atoms with Gasteiger partial charge in [-0.25, -0.2) is 4.39 Å². The van der Waals surface area contributed by atoms with Crippen LogP contribution in [0.2, 0.25) is 0 Å². The minimum atomic E-state index is -4.89. The summed E-state index contributed by atoms with van der Waals surface area (Å²) in [6.45, 7) is 0. The number of carbonyl (C=O) groups excluding carboxylic acids is 1. The molecule has 0 saturated heterocycles. The van der Waals surface area contributed by atoms with E-state index in [0.29, 0.717) is 23.6 Å². The molecule has 1 amide bonds. The highest BCUT2D eigenvalue weighted by Gasteiger charge is 2.34. The number of anilines is 1. The van der Waals surface area contributed by atoms with Crippen molar-refractivity contribution < 1.29 is 31.8 Å². The minimum Gasteiger partial charge on any atom is -0.497 e. The number of rotatable bonds is 4. The molecule has 0 bridgehead atoms. The number of benzene rings is 2. The van der Waals surface area contributed by atoms with Crippen LogP contribution in [-0.4, -0.2) is 20.1 Å². The molecule has 0 aromatic heterocycles. The predicted octanol–water partition coefficient (Wildman–Crippen LogP) is 4.11. The topological polar surface area (TPSA) is 47.6 Å². The highest BCUT2D eigenvalue weighted by Crippen LogP contribution is 2.33. The van der Waals surface area contributed by atoms with Crippen LogP contribution in [0, 0.1) is 5.82 Å². The van der Waals surface area contributed by atoms with Gasteiger partial charge in [0.2, 0.25) is 0 Å². The van der Waals surface area contributed by atoms with Crippen molar-refractivity contribution in [3.63, 3.8) is 0 Å². The number of halogens is 4. The van der Waals surface area contributed by atoms with Crippen LogP contribution in [0.5, 0.6) is 11.5 Å². The van der Waals surface area contributed by atoms with Gasteiger partial charge in [-0.2, -0.15) is 13.2 Å². The van der Waals surface area contributed by atoms with Crippen LogP contribution in [-0.2, 0) is 6.18 Å². The molecule has 0 fully saturated rings. The Morgan fingerprint density at radius 2 is 1.75 bits per heavy atom. The number of ether oxygens (including phenoxy) is 2. The fourth-order valence-corrected chi connectivity index (χ4v) is 1.99. The second-order valence-electron chi connectivity index (χ2n) is 4.71. The van der Waals surface area contributed by atoms with E-state index in [9.17, 15) is 22.4 Å². The van der Waals surface area contributed by atoms with Gasteiger partial charge in [0.25, 0.3) is 5.91 Å². The standard InChI is InChI=1S/C16H13F4NO3/c1-23-10-4-6-14(24-2)13(8-10)21-15(22)9-3-5-12(17)11(7-9)16(18,19)20/h3-8H,1-2H3,(H,21,22). The summed E-state index contributed by atoms with van der Waals surface area (Å²) in [7, 11) is 2.79. The quantitative estimate of drug-likeness (QED) is 0.850. The molecule has 0 radical (unpaired) electrons. The maximum atomic E-state index is 13.3. The van der Waals surface area contributed by atoms with Gasteiger partial charge < -0.3 is 14.8 Å². The lowest BCUT2D eigenvalue weighted by molar-refractivity contribution is -0.140. The Kier molecular flexibility index (Phi) is 4.96. The van der Waals surface area contributed by atoms with E-state index < -0.39 is 23.5 Å². The number of amides is 1. The van der Waals surface area contributed by atoms with Crippen LogP contribution < -0.4 is 14.8 Å². The zero-order valence-corrected chi connectivity index (χ0v) is 12.7. The van der Waals surface area contributed by atoms with Crippen LogP contribution in [0.25, 0.3) is 0 Å². The zero-order valence-electron chi connectivity index (χ0n) is 12.7. The van der Waals surface area contributed by atoms with E-state index in [1.54, 1.807) is 6.07 Å². The first-order chi connectivity index (χ1) is 11.3. The van der Waals surface area contributed by atoms with Gasteiger partial charge >= 0.3 is 6.18 Å². The second kappa shape index (κ2) is 6.77. The fourth-order valence-electron chi connectivity index (χ4n) is 1.99. The SMILES string of the molecule is COc1ccc(OC)c(NC(=O)c2ccc(F)c(C(F)(F)F)c2)c1. The lowest BCUT2D eigenvalue weighted by atomic mass is 10.1. The van der Waals surface area contributed by atoms with Crippen LogP contribution in [0.1, 0.15) is 15.9 Å². The molecule has 0 unspecified atom stereocenters. The first-order valence-corrected chi connectivity index (χ1v) is 6.66. The molecule has 2 aromatic rings. The third-order valence-electron chi connectivity index (χ3n) is 3.19. The monoisotopic (exact) mass is 343 g/mol. The summed E-state index contributed by atoms with van der Waals surface area (Å²) < 4.78 is 61.6. The first-order valence-electron chi connectivity index (χ1n) is 6.66. The molecule has 0 atom stereocenters. The Morgan fingerprint density at radius 1 is 1.04 bits per heavy atom. The molecule has 128 valence electrons. The van der Waals surface area contributed by atoms with Gasteiger partial charge in [0.1, 0.15) is 17.3 Å². The third-order valence-corrected chi connectivity index (χ3v) is 3.19. The van der Waals surface area contributed by atoms with E-state index in [0.717, 1.165) is 6.07 Å². The molecule has 0 spiro atoms. The maximum Gasteiger partial charge on any atom is 0.419 e. The van der Waals surface area contributed by atoms with Gasteiger partial charge in [-0.15, -0.1) is 0 Å². The van der Waals surface area contributed by atoms with E-state index in [4.69, 9.17) is 9.47 Å². The average Bonchev–Trinajstić information content (AvgIpc) is 2.53. The van der Waals surface area contributed by atoms with Gasteiger partial charge in [-0.05, 0) is 30.3 Å². The van der Waals surface area contributed by atoms with E-state index >= 15 is 0 Å². The summed E-state index contributed by atoms with van der Waals surface area (Å²) in [6.07, 6.45) is -4.89. The van der Waals surface area contributed by atoms with Crippen molar-refractivity contribution in [2.75, 3.05) is 19.5 Å². The van der Waals surface area contributed by atoms with Crippen molar-refractivity contribution in [3.05, 3.63) is 53.3 Å². The molecule has 4 nitrogen and oxygen atoms in total. The molecule has 0 saturated carbocycles. The Hall–Kier alpha value is -2.77. The molecule has 2 rings (SSSR count). The first kappa shape index (κ1) is 17.6. The van der Waals surface area contributed by atoms with Crippen molar-refractivity contribution in [1.29, 1.82) is 0 Å². The lowest BCUT2D eigenvalue weighted by Crippen LogP contribution is -2.15. The molecule has 24 heavy (non-hydrogen) atoms. The summed E-state index contributed by atoms with van der Waals surface area (Å²) in [5, 5.41) is 2.42. The van der Waals surface area contributed by atoms with Crippen LogP contribution in [0.4, 0.5) is 23.2 Å². The summed E-state index contributed by atoms with van der Waals surface area (Å²) >= 11 is 0. The van der Waals surface area contributed by atoms with E-state index in [1.165, 1.54) is 26.4 Å². The van der Waals surface area contributed by atoms with Crippen LogP contribution >= 0.6 is 0 Å². The number of nitrogens with one attached hydrogen (secondary N) is 1. The van der Waals surface area contributed by atoms with Crippen molar-refractivity contribution in [3.8, 4) is 11.5 Å². The van der Waals surface area contributed by atoms with Crippen molar-refractivity contribution in [2.24, 2.45) is 0 Å². The maximum absolute atomic E-state index is 13.3. The molecule has 1 N–H and O–H groups in total. The van der Waals surface area contributed by atoms with Gasteiger partial charge in [-0.1, -0.05) is 0 Å². The number of alkyl halides is 3. The Labute approximate surface area is 135 Å². The smallest absolute Gasteiger partial charge is 0.419 e. The minimum absolute atomic E-state index is 0.208. The van der Waals surface area contributed by atoms with E-state index in [-0.39, 0.29) is 11.3 Å². The fraction of sp³-hybridized carbons (Fsp3) is 0.188. The van der Waals surface area contributed by atoms with Gasteiger partial charge in [-0.3, -0.25) is 4.79 Å². The van der Waals surface area contributed by atoms with Crippen LogP contribution in [0.15, 0.2) is 36.4 Å². The van der Waals surface area contributed by atoms with E-state index in [1.807, 2.05) is 0 Å². The molecule has 8 heteroatoms. The molecule has 0 aliphatic heterocycles. The Balaban J connectivity index is 2.34. The highest BCUT2D eigenvalue weighted by atomic mass is 19.4. The Bertz CT molecular complexity index is 759. The lowest BCUT2D eigenvalue weighted by Gasteiger charge is -2.13. The number of hydrogen-bond acceptors (Lipinski definition) is 3. The van der Waals surface area contributed by atoms with E-state index in [2.05, 4.69) is 5.32 Å². The van der Waals surface area contributed by atoms with Gasteiger partial charge in [0, 0.05) is 11.6 Å². The number of methoxy groups -OCH3 is 2. The largest absolute Gasteiger partial charge is 0.497 e. The normalized spacial score (nSPS) is 11.1. The van der Waals surface area contributed by atoms with Gasteiger partial charge in [0.15, 0.2) is 0 Å². The van der Waals surface area contributed by atoms with Crippen molar-refractivity contribution >= 4 is 11.6 Å². The number of carbonyl (C=O) groups is 1. The highest BCUT2D eigenvalue weighted by molar-refractivity contribution is 6.05. The predicted molar refractivity (Wildman–Crippen MR) is 78.9 cm³/mol. The molecular formula is C16H13F4NO3. The summed E-state index contributed by atoms with van der Waals surface area (Å²) in [6, 6.07) is 6.59. The second-order valence-corrected chi connectivity index (χ2v) is 4.71. The van der Waals surface area contributed by atoms with Crippen molar-refractivity contribution in [1.82, 2.24) is 0 Å². The van der Waals surface area contributed by atoms with Crippen LogP contribution in [0.3, 0.4) is 0 Å².